The zero-order valence-corrected chi connectivity index (χ0v) is 12.5. The highest BCUT2D eigenvalue weighted by molar-refractivity contribution is 7.15. The number of carboxylic acids is 1. The van der Waals surface area contributed by atoms with Crippen molar-refractivity contribution in [2.24, 2.45) is 0 Å². The second kappa shape index (κ2) is 5.66. The van der Waals surface area contributed by atoms with E-state index in [9.17, 15) is 9.90 Å². The molecule has 0 bridgehead atoms. The Bertz CT molecular complexity index is 802. The maximum Gasteiger partial charge on any atom is 0.356 e. The zero-order valence-electron chi connectivity index (χ0n) is 11.7. The molecule has 3 rings (SSSR count). The lowest BCUT2D eigenvalue weighted by molar-refractivity contribution is 0.0692. The molecule has 21 heavy (non-hydrogen) atoms. The molecular formula is C17H15NO2S. The van der Waals surface area contributed by atoms with E-state index in [4.69, 9.17) is 0 Å². The van der Waals surface area contributed by atoms with Crippen LogP contribution >= 0.6 is 11.3 Å². The van der Waals surface area contributed by atoms with Gasteiger partial charge in [0.15, 0.2) is 5.69 Å². The Morgan fingerprint density at radius 3 is 2.71 bits per heavy atom. The monoisotopic (exact) mass is 297 g/mol. The second-order valence-corrected chi connectivity index (χ2v) is 5.95. The van der Waals surface area contributed by atoms with Crippen LogP contribution in [0.1, 0.15) is 28.8 Å². The molecule has 106 valence electrons. The third-order valence-electron chi connectivity index (χ3n) is 3.37. The molecule has 3 nitrogen and oxygen atoms in total. The summed E-state index contributed by atoms with van der Waals surface area (Å²) >= 11 is 1.49. The molecule has 0 radical (unpaired) electrons. The average Bonchev–Trinajstić information content (AvgIpc) is 2.91. The quantitative estimate of drug-likeness (QED) is 0.764. The molecule has 1 aromatic heterocycles. The van der Waals surface area contributed by atoms with E-state index in [1.807, 2.05) is 42.5 Å². The van der Waals surface area contributed by atoms with Gasteiger partial charge in [0.25, 0.3) is 0 Å². The highest BCUT2D eigenvalue weighted by Gasteiger charge is 2.19. The van der Waals surface area contributed by atoms with Gasteiger partial charge in [-0.25, -0.2) is 9.78 Å². The molecule has 0 spiro atoms. The molecule has 0 unspecified atom stereocenters. The van der Waals surface area contributed by atoms with Gasteiger partial charge in [-0.05, 0) is 23.6 Å². The van der Waals surface area contributed by atoms with Crippen molar-refractivity contribution < 1.29 is 9.90 Å². The second-order valence-electron chi connectivity index (χ2n) is 4.87. The van der Waals surface area contributed by atoms with E-state index >= 15 is 0 Å². The number of rotatable bonds is 4. The van der Waals surface area contributed by atoms with Crippen LogP contribution in [0.15, 0.2) is 42.5 Å². The highest BCUT2D eigenvalue weighted by Crippen LogP contribution is 2.35. The lowest BCUT2D eigenvalue weighted by atomic mass is 10.0. The van der Waals surface area contributed by atoms with Crippen molar-refractivity contribution in [3.8, 4) is 10.4 Å². The standard InChI is InChI=1S/C17H15NO2S/c1-2-6-14-18-15(17(19)20)16(21-14)13-10-5-8-11-7-3-4-9-12(11)13/h3-5,7-10H,2,6H2,1H3,(H,19,20). The maximum absolute atomic E-state index is 11.5. The van der Waals surface area contributed by atoms with Gasteiger partial charge in [0.05, 0.1) is 9.88 Å². The number of fused-ring (bicyclic) bond motifs is 1. The Labute approximate surface area is 126 Å². The van der Waals surface area contributed by atoms with Gasteiger partial charge in [-0.15, -0.1) is 11.3 Å². The van der Waals surface area contributed by atoms with E-state index < -0.39 is 5.97 Å². The summed E-state index contributed by atoms with van der Waals surface area (Å²) in [6.07, 6.45) is 1.78. The number of aromatic nitrogens is 1. The van der Waals surface area contributed by atoms with Gasteiger partial charge < -0.3 is 5.11 Å². The first-order valence-electron chi connectivity index (χ1n) is 6.92. The smallest absolute Gasteiger partial charge is 0.356 e. The predicted molar refractivity (Wildman–Crippen MR) is 86.0 cm³/mol. The van der Waals surface area contributed by atoms with E-state index in [1.54, 1.807) is 0 Å². The fourth-order valence-corrected chi connectivity index (χ4v) is 3.63. The molecule has 0 amide bonds. The Hall–Kier alpha value is -2.20. The van der Waals surface area contributed by atoms with E-state index in [0.717, 1.165) is 39.1 Å². The molecule has 0 atom stereocenters. The largest absolute Gasteiger partial charge is 0.476 e. The summed E-state index contributed by atoms with van der Waals surface area (Å²) in [5.74, 6) is -0.962. The molecule has 0 aliphatic rings. The number of benzene rings is 2. The summed E-state index contributed by atoms with van der Waals surface area (Å²) < 4.78 is 0. The van der Waals surface area contributed by atoms with Crippen LogP contribution in [0.2, 0.25) is 0 Å². The number of thiazole rings is 1. The fourth-order valence-electron chi connectivity index (χ4n) is 2.44. The molecule has 0 aliphatic heterocycles. The van der Waals surface area contributed by atoms with Gasteiger partial charge in [0, 0.05) is 5.56 Å². The third kappa shape index (κ3) is 2.54. The zero-order chi connectivity index (χ0) is 14.8. The summed E-state index contributed by atoms with van der Waals surface area (Å²) in [6, 6.07) is 14.0. The Morgan fingerprint density at radius 1 is 1.19 bits per heavy atom. The summed E-state index contributed by atoms with van der Waals surface area (Å²) in [5, 5.41) is 12.5. The van der Waals surface area contributed by atoms with E-state index in [-0.39, 0.29) is 5.69 Å². The predicted octanol–water partition coefficient (Wildman–Crippen LogP) is 4.61. The molecule has 4 heteroatoms. The highest BCUT2D eigenvalue weighted by atomic mass is 32.1. The molecule has 0 aliphatic carbocycles. The number of aryl methyl sites for hydroxylation is 1. The molecule has 0 saturated carbocycles. The minimum absolute atomic E-state index is 0.166. The van der Waals surface area contributed by atoms with Gasteiger partial charge in [0.1, 0.15) is 0 Å². The number of hydrogen-bond acceptors (Lipinski definition) is 3. The SMILES string of the molecule is CCCc1nc(C(=O)O)c(-c2cccc3ccccc23)s1. The van der Waals surface area contributed by atoms with Crippen LogP contribution in [-0.4, -0.2) is 16.1 Å². The molecule has 1 heterocycles. The Kier molecular flexibility index (Phi) is 3.71. The van der Waals surface area contributed by atoms with E-state index in [2.05, 4.69) is 11.9 Å². The lowest BCUT2D eigenvalue weighted by Gasteiger charge is -2.05. The maximum atomic E-state index is 11.5. The summed E-state index contributed by atoms with van der Waals surface area (Å²) in [4.78, 5) is 16.5. The summed E-state index contributed by atoms with van der Waals surface area (Å²) in [7, 11) is 0. The van der Waals surface area contributed by atoms with Crippen molar-refractivity contribution in [2.75, 3.05) is 0 Å². The van der Waals surface area contributed by atoms with Crippen LogP contribution in [0.4, 0.5) is 0 Å². The van der Waals surface area contributed by atoms with Crippen molar-refractivity contribution in [3.05, 3.63) is 53.2 Å². The average molecular weight is 297 g/mol. The fraction of sp³-hybridized carbons (Fsp3) is 0.176. The van der Waals surface area contributed by atoms with Gasteiger partial charge >= 0.3 is 5.97 Å². The number of carbonyl (C=O) groups is 1. The number of aromatic carboxylic acids is 1. The Morgan fingerprint density at radius 2 is 1.95 bits per heavy atom. The first kappa shape index (κ1) is 13.8. The van der Waals surface area contributed by atoms with Crippen molar-refractivity contribution in [3.63, 3.8) is 0 Å². The number of nitrogens with zero attached hydrogens (tertiary/aromatic N) is 1. The number of carboxylic acid groups (broad SMARTS) is 1. The summed E-state index contributed by atoms with van der Waals surface area (Å²) in [5.41, 5.74) is 1.12. The molecular weight excluding hydrogens is 282 g/mol. The number of hydrogen-bond donors (Lipinski definition) is 1. The molecule has 2 aromatic carbocycles. The minimum Gasteiger partial charge on any atom is -0.476 e. The summed E-state index contributed by atoms with van der Waals surface area (Å²) in [6.45, 7) is 2.07. The van der Waals surface area contributed by atoms with Gasteiger partial charge in [0.2, 0.25) is 0 Å². The topological polar surface area (TPSA) is 50.2 Å². The van der Waals surface area contributed by atoms with Gasteiger partial charge in [-0.2, -0.15) is 0 Å². The van der Waals surface area contributed by atoms with Crippen molar-refractivity contribution >= 4 is 28.1 Å². The van der Waals surface area contributed by atoms with Crippen LogP contribution in [0.25, 0.3) is 21.2 Å². The molecule has 3 aromatic rings. The van der Waals surface area contributed by atoms with Crippen molar-refractivity contribution in [1.29, 1.82) is 0 Å². The van der Waals surface area contributed by atoms with Gasteiger partial charge in [-0.3, -0.25) is 0 Å². The minimum atomic E-state index is -0.962. The molecule has 0 saturated heterocycles. The molecule has 0 fully saturated rings. The van der Waals surface area contributed by atoms with Crippen LogP contribution in [0.3, 0.4) is 0 Å². The van der Waals surface area contributed by atoms with Crippen LogP contribution < -0.4 is 0 Å². The van der Waals surface area contributed by atoms with Gasteiger partial charge in [-0.1, -0.05) is 49.4 Å². The van der Waals surface area contributed by atoms with Crippen LogP contribution in [0.5, 0.6) is 0 Å². The first-order valence-corrected chi connectivity index (χ1v) is 7.73. The third-order valence-corrected chi connectivity index (χ3v) is 4.52. The first-order chi connectivity index (χ1) is 10.2. The van der Waals surface area contributed by atoms with E-state index in [1.165, 1.54) is 11.3 Å². The van der Waals surface area contributed by atoms with Crippen molar-refractivity contribution in [1.82, 2.24) is 4.98 Å². The van der Waals surface area contributed by atoms with Crippen LogP contribution in [-0.2, 0) is 6.42 Å². The van der Waals surface area contributed by atoms with Crippen LogP contribution in [0, 0.1) is 0 Å². The normalized spacial score (nSPS) is 10.9. The van der Waals surface area contributed by atoms with Crippen molar-refractivity contribution in [2.45, 2.75) is 19.8 Å². The molecule has 1 N–H and O–H groups in total. The Balaban J connectivity index is 2.24. The van der Waals surface area contributed by atoms with E-state index in [0.29, 0.717) is 0 Å². The lowest BCUT2D eigenvalue weighted by Crippen LogP contribution is -1.99.